The molecule has 138 valence electrons. The molecule has 0 aliphatic heterocycles. The van der Waals surface area contributed by atoms with Crippen LogP contribution in [0.25, 0.3) is 0 Å². The van der Waals surface area contributed by atoms with Crippen molar-refractivity contribution in [2.45, 2.75) is 26.2 Å². The molecule has 5 nitrogen and oxygen atoms in total. The number of para-hydroxylation sites is 1. The van der Waals surface area contributed by atoms with Crippen LogP contribution in [0.15, 0.2) is 72.9 Å². The maximum atomic E-state index is 11.9. The van der Waals surface area contributed by atoms with E-state index >= 15 is 0 Å². The van der Waals surface area contributed by atoms with Crippen molar-refractivity contribution in [1.82, 2.24) is 4.98 Å². The molecule has 1 heterocycles. The zero-order valence-electron chi connectivity index (χ0n) is 15.6. The van der Waals surface area contributed by atoms with Crippen molar-refractivity contribution < 1.29 is 14.3 Å². The Morgan fingerprint density at radius 3 is 2.19 bits per heavy atom. The topological polar surface area (TPSA) is 60.5 Å². The molecule has 0 unspecified atom stereocenters. The summed E-state index contributed by atoms with van der Waals surface area (Å²) < 4.78 is 10.9. The molecule has 3 aromatic rings. The van der Waals surface area contributed by atoms with E-state index in [-0.39, 0.29) is 5.41 Å². The lowest BCUT2D eigenvalue weighted by Crippen LogP contribution is -2.16. The Balaban J connectivity index is 1.58. The molecule has 0 saturated heterocycles. The summed E-state index contributed by atoms with van der Waals surface area (Å²) in [4.78, 5) is 16.1. The summed E-state index contributed by atoms with van der Waals surface area (Å²) in [6.07, 6.45) is 0.944. The number of carbonyl (C=O) groups excluding carboxylic acids is 1. The zero-order valence-corrected chi connectivity index (χ0v) is 15.6. The first-order valence-electron chi connectivity index (χ1n) is 8.68. The first kappa shape index (κ1) is 18.5. The Morgan fingerprint density at radius 2 is 1.59 bits per heavy atom. The van der Waals surface area contributed by atoms with Gasteiger partial charge in [-0.25, -0.2) is 9.78 Å². The number of carbonyl (C=O) groups is 1. The fourth-order valence-electron chi connectivity index (χ4n) is 2.40. The Morgan fingerprint density at radius 1 is 0.889 bits per heavy atom. The molecule has 0 aliphatic carbocycles. The van der Waals surface area contributed by atoms with Gasteiger partial charge in [-0.3, -0.25) is 5.32 Å². The number of ether oxygens (including phenoxy) is 2. The lowest BCUT2D eigenvalue weighted by atomic mass is 9.87. The highest BCUT2D eigenvalue weighted by atomic mass is 16.6. The minimum atomic E-state index is -0.575. The van der Waals surface area contributed by atoms with Gasteiger partial charge in [0.15, 0.2) is 0 Å². The highest BCUT2D eigenvalue weighted by molar-refractivity contribution is 5.86. The van der Waals surface area contributed by atoms with Crippen LogP contribution >= 0.6 is 0 Å². The summed E-state index contributed by atoms with van der Waals surface area (Å²) >= 11 is 0. The minimum Gasteiger partial charge on any atom is -0.439 e. The molecule has 27 heavy (non-hydrogen) atoms. The van der Waals surface area contributed by atoms with Crippen molar-refractivity contribution in [2.75, 3.05) is 5.32 Å². The predicted molar refractivity (Wildman–Crippen MR) is 106 cm³/mol. The summed E-state index contributed by atoms with van der Waals surface area (Å²) in [6, 6.07) is 20.2. The molecular formula is C22H22N2O3. The van der Waals surface area contributed by atoms with Crippen molar-refractivity contribution in [1.29, 1.82) is 0 Å². The second-order valence-electron chi connectivity index (χ2n) is 7.09. The van der Waals surface area contributed by atoms with Gasteiger partial charge in [0.05, 0.1) is 11.9 Å². The number of hydrogen-bond acceptors (Lipinski definition) is 4. The Hall–Kier alpha value is -3.34. The van der Waals surface area contributed by atoms with Crippen molar-refractivity contribution in [3.63, 3.8) is 0 Å². The number of nitrogens with one attached hydrogen (secondary N) is 1. The smallest absolute Gasteiger partial charge is 0.417 e. The molecule has 0 radical (unpaired) electrons. The van der Waals surface area contributed by atoms with Crippen LogP contribution in [-0.4, -0.2) is 11.1 Å². The number of nitrogens with zero attached hydrogens (tertiary/aromatic N) is 1. The van der Waals surface area contributed by atoms with Gasteiger partial charge in [-0.15, -0.1) is 0 Å². The van der Waals surface area contributed by atoms with E-state index in [1.54, 1.807) is 36.4 Å². The number of rotatable bonds is 4. The van der Waals surface area contributed by atoms with Gasteiger partial charge in [-0.1, -0.05) is 51.1 Å². The monoisotopic (exact) mass is 362 g/mol. The number of aromatic nitrogens is 1. The minimum absolute atomic E-state index is 0.0957. The lowest BCUT2D eigenvalue weighted by molar-refractivity contribution is 0.215. The molecule has 1 aromatic heterocycles. The number of benzene rings is 2. The number of amides is 1. The van der Waals surface area contributed by atoms with Crippen molar-refractivity contribution in [2.24, 2.45) is 0 Å². The summed E-state index contributed by atoms with van der Waals surface area (Å²) in [5, 5.41) is 2.63. The van der Waals surface area contributed by atoms with E-state index in [2.05, 4.69) is 31.1 Å². The molecule has 0 bridgehead atoms. The van der Waals surface area contributed by atoms with Gasteiger partial charge in [0.25, 0.3) is 0 Å². The van der Waals surface area contributed by atoms with Gasteiger partial charge < -0.3 is 9.47 Å². The summed E-state index contributed by atoms with van der Waals surface area (Å²) in [7, 11) is 0. The maximum absolute atomic E-state index is 11.9. The number of pyridine rings is 1. The summed E-state index contributed by atoms with van der Waals surface area (Å²) in [6.45, 7) is 6.50. The zero-order chi connectivity index (χ0) is 19.3. The van der Waals surface area contributed by atoms with Crippen molar-refractivity contribution in [3.8, 4) is 17.4 Å². The molecule has 0 aliphatic rings. The van der Waals surface area contributed by atoms with Gasteiger partial charge in [-0.2, -0.15) is 0 Å². The van der Waals surface area contributed by atoms with Crippen LogP contribution in [0.4, 0.5) is 10.5 Å². The fraction of sp³-hybridized carbons (Fsp3) is 0.182. The van der Waals surface area contributed by atoms with E-state index < -0.39 is 6.09 Å². The Bertz CT molecular complexity index is 884. The SMILES string of the molecule is CC(C)(C)c1ccc(Oc2ccc(NC(=O)Oc3ccccc3)cn2)cc1. The first-order chi connectivity index (χ1) is 12.9. The third-order valence-electron chi connectivity index (χ3n) is 3.88. The predicted octanol–water partition coefficient (Wildman–Crippen LogP) is 5.78. The molecule has 0 fully saturated rings. The van der Waals surface area contributed by atoms with Crippen molar-refractivity contribution >= 4 is 11.8 Å². The third-order valence-corrected chi connectivity index (χ3v) is 3.88. The van der Waals surface area contributed by atoms with E-state index in [1.807, 2.05) is 30.3 Å². The Labute approximate surface area is 159 Å². The van der Waals surface area contributed by atoms with E-state index in [9.17, 15) is 4.79 Å². The maximum Gasteiger partial charge on any atom is 0.417 e. The van der Waals surface area contributed by atoms with E-state index in [0.29, 0.717) is 23.1 Å². The van der Waals surface area contributed by atoms with Gasteiger partial charge in [-0.05, 0) is 41.3 Å². The van der Waals surface area contributed by atoms with Crippen LogP contribution in [0.5, 0.6) is 17.4 Å². The summed E-state index contributed by atoms with van der Waals surface area (Å²) in [5.74, 6) is 1.63. The van der Waals surface area contributed by atoms with Gasteiger partial charge in [0.1, 0.15) is 11.5 Å². The highest BCUT2D eigenvalue weighted by Crippen LogP contribution is 2.26. The van der Waals surface area contributed by atoms with E-state index in [4.69, 9.17) is 9.47 Å². The molecule has 5 heteroatoms. The van der Waals surface area contributed by atoms with Crippen LogP contribution in [-0.2, 0) is 5.41 Å². The summed E-state index contributed by atoms with van der Waals surface area (Å²) in [5.41, 5.74) is 1.85. The average molecular weight is 362 g/mol. The van der Waals surface area contributed by atoms with Crippen LogP contribution < -0.4 is 14.8 Å². The molecule has 0 atom stereocenters. The molecule has 0 saturated carbocycles. The van der Waals surface area contributed by atoms with E-state index in [1.165, 1.54) is 11.8 Å². The second-order valence-corrected chi connectivity index (χ2v) is 7.09. The van der Waals surface area contributed by atoms with Crippen LogP contribution in [0.2, 0.25) is 0 Å². The molecule has 0 spiro atoms. The second kappa shape index (κ2) is 7.91. The normalized spacial score (nSPS) is 10.9. The van der Waals surface area contributed by atoms with Crippen LogP contribution in [0.3, 0.4) is 0 Å². The molecule has 2 aromatic carbocycles. The number of hydrogen-bond donors (Lipinski definition) is 1. The molecule has 1 N–H and O–H groups in total. The standard InChI is InChI=1S/C22H22N2O3/c1-22(2,3)16-9-12-19(13-10-16)26-20-14-11-17(15-23-20)24-21(25)27-18-7-5-4-6-8-18/h4-15H,1-3H3,(H,24,25). The Kier molecular flexibility index (Phi) is 5.41. The van der Waals surface area contributed by atoms with E-state index in [0.717, 1.165) is 0 Å². The molecule has 1 amide bonds. The van der Waals surface area contributed by atoms with Gasteiger partial charge in [0, 0.05) is 6.07 Å². The average Bonchev–Trinajstić information content (AvgIpc) is 2.64. The van der Waals surface area contributed by atoms with Crippen LogP contribution in [0, 0.1) is 0 Å². The first-order valence-corrected chi connectivity index (χ1v) is 8.68. The quantitative estimate of drug-likeness (QED) is 0.639. The molecular weight excluding hydrogens is 340 g/mol. The highest BCUT2D eigenvalue weighted by Gasteiger charge is 2.13. The third kappa shape index (κ3) is 5.31. The molecule has 3 rings (SSSR count). The fourth-order valence-corrected chi connectivity index (χ4v) is 2.40. The number of anilines is 1. The largest absolute Gasteiger partial charge is 0.439 e. The van der Waals surface area contributed by atoms with Crippen LogP contribution in [0.1, 0.15) is 26.3 Å². The van der Waals surface area contributed by atoms with Crippen molar-refractivity contribution in [3.05, 3.63) is 78.5 Å². The lowest BCUT2D eigenvalue weighted by Gasteiger charge is -2.19. The van der Waals surface area contributed by atoms with Gasteiger partial charge in [0.2, 0.25) is 5.88 Å². The van der Waals surface area contributed by atoms with Gasteiger partial charge >= 0.3 is 6.09 Å².